The van der Waals surface area contributed by atoms with E-state index in [0.717, 1.165) is 0 Å². The fourth-order valence-electron chi connectivity index (χ4n) is 4.38. The van der Waals surface area contributed by atoms with E-state index in [1.807, 2.05) is 0 Å². The van der Waals surface area contributed by atoms with Crippen LogP contribution in [0.15, 0.2) is 84.9 Å². The molecule has 2 N–H and O–H groups in total. The van der Waals surface area contributed by atoms with E-state index in [9.17, 15) is 0 Å². The summed E-state index contributed by atoms with van der Waals surface area (Å²) < 4.78 is 0. The predicted octanol–water partition coefficient (Wildman–Crippen LogP) is 5.71. The largest absolute Gasteiger partial charge is 0.358 e. The maximum atomic E-state index is 3.95. The van der Waals surface area contributed by atoms with Gasteiger partial charge in [0.25, 0.3) is 0 Å². The van der Waals surface area contributed by atoms with Gasteiger partial charge in [-0.15, -0.1) is 0 Å². The van der Waals surface area contributed by atoms with Gasteiger partial charge >= 0.3 is 0 Å². The fourth-order valence-corrected chi connectivity index (χ4v) is 4.38. The smallest absolute Gasteiger partial charge is 0.0605 e. The summed E-state index contributed by atoms with van der Waals surface area (Å²) in [5.41, 5.74) is 6.62. The molecule has 1 aliphatic rings. The Labute approximate surface area is 153 Å². The van der Waals surface area contributed by atoms with Crippen LogP contribution in [0.1, 0.15) is 47.3 Å². The molecule has 0 saturated carbocycles. The summed E-state index contributed by atoms with van der Waals surface area (Å²) in [7, 11) is 0. The number of para-hydroxylation sites is 1. The molecule has 2 heteroatoms. The normalized spacial score (nSPS) is 22.3. The second-order valence-electron chi connectivity index (χ2n) is 7.19. The summed E-state index contributed by atoms with van der Waals surface area (Å²) in [6.07, 6.45) is 0. The summed E-state index contributed by atoms with van der Waals surface area (Å²) in [5, 5.41) is 5.27. The van der Waals surface area contributed by atoms with E-state index >= 15 is 0 Å². The van der Waals surface area contributed by atoms with E-state index in [2.05, 4.69) is 102 Å². The maximum Gasteiger partial charge on any atom is 0.0605 e. The number of H-pyrrole nitrogens is 1. The van der Waals surface area contributed by atoms with Crippen LogP contribution in [0, 0.1) is 0 Å². The van der Waals surface area contributed by atoms with Gasteiger partial charge in [0.2, 0.25) is 0 Å². The van der Waals surface area contributed by atoms with Gasteiger partial charge in [-0.2, -0.15) is 0 Å². The zero-order valence-electron chi connectivity index (χ0n) is 14.8. The van der Waals surface area contributed by atoms with Crippen LogP contribution in [0.5, 0.6) is 0 Å². The van der Waals surface area contributed by atoms with Gasteiger partial charge in [0.1, 0.15) is 0 Å². The standard InChI is InChI=1S/C24H22N2/c1-16-22(17-10-4-2-5-11-17)26-24(18-12-6-3-7-13-18)21-19-14-8-9-15-20(19)25-23(16)21/h2-16,22,24-26H,1H3. The average molecular weight is 338 g/mol. The number of nitrogens with one attached hydrogen (secondary N) is 2. The first-order valence-corrected chi connectivity index (χ1v) is 9.29. The zero-order chi connectivity index (χ0) is 17.5. The molecule has 1 aliphatic heterocycles. The molecular formula is C24H22N2. The quantitative estimate of drug-likeness (QED) is 0.482. The molecule has 0 amide bonds. The van der Waals surface area contributed by atoms with E-state index in [1.165, 1.54) is 33.3 Å². The lowest BCUT2D eigenvalue weighted by Crippen LogP contribution is -2.36. The lowest BCUT2D eigenvalue weighted by molar-refractivity contribution is 0.395. The van der Waals surface area contributed by atoms with Crippen LogP contribution in [0.3, 0.4) is 0 Å². The molecule has 4 aromatic rings. The van der Waals surface area contributed by atoms with Crippen molar-refractivity contribution in [2.45, 2.75) is 24.9 Å². The molecule has 2 nitrogen and oxygen atoms in total. The predicted molar refractivity (Wildman–Crippen MR) is 107 cm³/mol. The molecule has 3 aromatic carbocycles. The molecule has 0 spiro atoms. The van der Waals surface area contributed by atoms with E-state index in [0.29, 0.717) is 5.92 Å². The van der Waals surface area contributed by atoms with Crippen molar-refractivity contribution in [2.75, 3.05) is 0 Å². The molecule has 0 aliphatic carbocycles. The minimum atomic E-state index is 0.184. The summed E-state index contributed by atoms with van der Waals surface area (Å²) >= 11 is 0. The molecule has 0 fully saturated rings. The molecule has 128 valence electrons. The molecule has 0 radical (unpaired) electrons. The lowest BCUT2D eigenvalue weighted by Gasteiger charge is -2.37. The van der Waals surface area contributed by atoms with Crippen LogP contribution in [-0.4, -0.2) is 4.98 Å². The van der Waals surface area contributed by atoms with Gasteiger partial charge in [0, 0.05) is 34.1 Å². The summed E-state index contributed by atoms with van der Waals surface area (Å²) in [6, 6.07) is 30.7. The van der Waals surface area contributed by atoms with E-state index in [1.54, 1.807) is 0 Å². The molecule has 2 heterocycles. The highest BCUT2D eigenvalue weighted by Crippen LogP contribution is 2.45. The van der Waals surface area contributed by atoms with E-state index in [-0.39, 0.29) is 12.1 Å². The fraction of sp³-hybridized carbons (Fsp3) is 0.167. The lowest BCUT2D eigenvalue weighted by atomic mass is 9.81. The van der Waals surface area contributed by atoms with E-state index < -0.39 is 0 Å². The monoisotopic (exact) mass is 338 g/mol. The molecular weight excluding hydrogens is 316 g/mol. The van der Waals surface area contributed by atoms with Crippen molar-refractivity contribution in [1.82, 2.24) is 10.3 Å². The van der Waals surface area contributed by atoms with E-state index in [4.69, 9.17) is 0 Å². The zero-order valence-corrected chi connectivity index (χ0v) is 14.8. The third-order valence-corrected chi connectivity index (χ3v) is 5.66. The van der Waals surface area contributed by atoms with Crippen molar-refractivity contribution in [1.29, 1.82) is 0 Å². The third kappa shape index (κ3) is 2.38. The number of aromatic amines is 1. The molecule has 26 heavy (non-hydrogen) atoms. The Kier molecular flexibility index (Phi) is 3.65. The first kappa shape index (κ1) is 15.4. The number of benzene rings is 3. The van der Waals surface area contributed by atoms with Crippen molar-refractivity contribution < 1.29 is 0 Å². The summed E-state index contributed by atoms with van der Waals surface area (Å²) in [5.74, 6) is 0.375. The van der Waals surface area contributed by atoms with Crippen molar-refractivity contribution in [3.05, 3.63) is 107 Å². The van der Waals surface area contributed by atoms with Gasteiger partial charge in [-0.25, -0.2) is 0 Å². The molecule has 0 saturated heterocycles. The Morgan fingerprint density at radius 2 is 1.31 bits per heavy atom. The molecule has 3 unspecified atom stereocenters. The van der Waals surface area contributed by atoms with Crippen molar-refractivity contribution >= 4 is 10.9 Å². The van der Waals surface area contributed by atoms with Crippen molar-refractivity contribution in [3.8, 4) is 0 Å². The van der Waals surface area contributed by atoms with Crippen LogP contribution in [0.2, 0.25) is 0 Å². The topological polar surface area (TPSA) is 27.8 Å². The first-order valence-electron chi connectivity index (χ1n) is 9.29. The maximum absolute atomic E-state index is 3.95. The van der Waals surface area contributed by atoms with Gasteiger partial charge in [0.15, 0.2) is 0 Å². The number of hydrogen-bond acceptors (Lipinski definition) is 1. The first-order chi connectivity index (χ1) is 12.8. The minimum absolute atomic E-state index is 0.184. The van der Waals surface area contributed by atoms with Crippen LogP contribution >= 0.6 is 0 Å². The number of fused-ring (bicyclic) bond motifs is 3. The minimum Gasteiger partial charge on any atom is -0.358 e. The number of hydrogen-bond donors (Lipinski definition) is 2. The third-order valence-electron chi connectivity index (χ3n) is 5.66. The van der Waals surface area contributed by atoms with Gasteiger partial charge < -0.3 is 4.98 Å². The Morgan fingerprint density at radius 3 is 2.04 bits per heavy atom. The SMILES string of the molecule is CC1c2[nH]c3ccccc3c2C(c2ccccc2)NC1c1ccccc1. The van der Waals surface area contributed by atoms with Gasteiger partial charge in [-0.1, -0.05) is 85.8 Å². The van der Waals surface area contributed by atoms with Crippen LogP contribution in [-0.2, 0) is 0 Å². The highest BCUT2D eigenvalue weighted by Gasteiger charge is 2.36. The Bertz CT molecular complexity index is 1030. The molecule has 5 rings (SSSR count). The molecule has 0 bridgehead atoms. The molecule has 1 aromatic heterocycles. The van der Waals surface area contributed by atoms with Crippen molar-refractivity contribution in [2.24, 2.45) is 0 Å². The highest BCUT2D eigenvalue weighted by atomic mass is 15.0. The summed E-state index contributed by atoms with van der Waals surface area (Å²) in [6.45, 7) is 2.32. The van der Waals surface area contributed by atoms with Crippen molar-refractivity contribution in [3.63, 3.8) is 0 Å². The van der Waals surface area contributed by atoms with Gasteiger partial charge in [-0.05, 0) is 17.2 Å². The highest BCUT2D eigenvalue weighted by molar-refractivity contribution is 5.86. The Hall–Kier alpha value is -2.84. The Morgan fingerprint density at radius 1 is 0.692 bits per heavy atom. The van der Waals surface area contributed by atoms with Crippen LogP contribution < -0.4 is 5.32 Å². The average Bonchev–Trinajstić information content (AvgIpc) is 3.10. The van der Waals surface area contributed by atoms with Crippen LogP contribution in [0.25, 0.3) is 10.9 Å². The summed E-state index contributed by atoms with van der Waals surface area (Å²) in [4.78, 5) is 3.73. The second kappa shape index (κ2) is 6.15. The second-order valence-corrected chi connectivity index (χ2v) is 7.19. The van der Waals surface area contributed by atoms with Crippen LogP contribution in [0.4, 0.5) is 0 Å². The van der Waals surface area contributed by atoms with Gasteiger partial charge in [-0.3, -0.25) is 5.32 Å². The molecule has 3 atom stereocenters. The number of aromatic nitrogens is 1. The van der Waals surface area contributed by atoms with Gasteiger partial charge in [0.05, 0.1) is 6.04 Å². The number of rotatable bonds is 2. The Balaban J connectivity index is 1.73.